The monoisotopic (exact) mass is 225 g/mol. The molecule has 0 atom stereocenters. The highest BCUT2D eigenvalue weighted by molar-refractivity contribution is 4.89. The molecule has 0 aliphatic heterocycles. The zero-order valence-corrected chi connectivity index (χ0v) is 11.8. The van der Waals surface area contributed by atoms with Gasteiger partial charge in [0.05, 0.1) is 0 Å². The molecule has 0 unspecified atom stereocenters. The zero-order valence-electron chi connectivity index (χ0n) is 11.8. The molecule has 1 rings (SSSR count). The highest BCUT2D eigenvalue weighted by Gasteiger charge is 2.35. The first-order valence-electron chi connectivity index (χ1n) is 7.25. The van der Waals surface area contributed by atoms with E-state index in [0.29, 0.717) is 5.41 Å². The lowest BCUT2D eigenvalue weighted by Crippen LogP contribution is -2.41. The van der Waals surface area contributed by atoms with E-state index in [1.165, 1.54) is 51.6 Å². The molecule has 0 aromatic rings. The van der Waals surface area contributed by atoms with Crippen molar-refractivity contribution < 1.29 is 0 Å². The molecule has 0 aromatic heterocycles. The van der Waals surface area contributed by atoms with E-state index in [0.717, 1.165) is 11.8 Å². The quantitative estimate of drug-likeness (QED) is 0.652. The lowest BCUT2D eigenvalue weighted by molar-refractivity contribution is 0.110. The van der Waals surface area contributed by atoms with Crippen LogP contribution in [0.3, 0.4) is 0 Å². The average molecular weight is 225 g/mol. The molecule has 1 aliphatic rings. The molecule has 1 saturated carbocycles. The summed E-state index contributed by atoms with van der Waals surface area (Å²) < 4.78 is 0. The maximum atomic E-state index is 3.67. The summed E-state index contributed by atoms with van der Waals surface area (Å²) in [6, 6.07) is 0. The Balaban J connectivity index is 2.17. The van der Waals surface area contributed by atoms with Crippen LogP contribution in [0.4, 0.5) is 0 Å². The zero-order chi connectivity index (χ0) is 12.0. The molecule has 0 bridgehead atoms. The van der Waals surface area contributed by atoms with Crippen LogP contribution in [0, 0.1) is 17.3 Å². The van der Waals surface area contributed by atoms with E-state index in [2.05, 4.69) is 33.0 Å². The van der Waals surface area contributed by atoms with Gasteiger partial charge in [0.25, 0.3) is 0 Å². The molecule has 0 amide bonds. The molecule has 1 fully saturated rings. The van der Waals surface area contributed by atoms with Gasteiger partial charge in [-0.1, -0.05) is 47.0 Å². The smallest absolute Gasteiger partial charge is 0.000792 e. The number of hydrogen-bond acceptors (Lipinski definition) is 1. The number of hydrogen-bond donors (Lipinski definition) is 1. The summed E-state index contributed by atoms with van der Waals surface area (Å²) in [5.74, 6) is 1.66. The number of rotatable bonds is 8. The molecule has 1 nitrogen and oxygen atoms in total. The largest absolute Gasteiger partial charge is 0.316 e. The summed E-state index contributed by atoms with van der Waals surface area (Å²) >= 11 is 0. The van der Waals surface area contributed by atoms with Crippen molar-refractivity contribution in [1.29, 1.82) is 0 Å². The van der Waals surface area contributed by atoms with Crippen molar-refractivity contribution in [2.45, 2.75) is 66.2 Å². The number of nitrogens with one attached hydrogen (secondary N) is 1. The molecule has 1 N–H and O–H groups in total. The van der Waals surface area contributed by atoms with Gasteiger partial charge in [-0.2, -0.15) is 0 Å². The summed E-state index contributed by atoms with van der Waals surface area (Å²) in [5, 5.41) is 3.67. The van der Waals surface area contributed by atoms with Gasteiger partial charge in [0.1, 0.15) is 0 Å². The Morgan fingerprint density at radius 3 is 2.19 bits per heavy atom. The van der Waals surface area contributed by atoms with Crippen molar-refractivity contribution in [1.82, 2.24) is 5.32 Å². The van der Waals surface area contributed by atoms with Gasteiger partial charge < -0.3 is 5.32 Å². The van der Waals surface area contributed by atoms with E-state index in [1.54, 1.807) is 0 Å². The molecular formula is C15H31N. The van der Waals surface area contributed by atoms with E-state index in [9.17, 15) is 0 Å². The Kier molecular flexibility index (Phi) is 5.82. The predicted octanol–water partition coefficient (Wildman–Crippen LogP) is 4.23. The maximum Gasteiger partial charge on any atom is 0.000792 e. The lowest BCUT2D eigenvalue weighted by Gasteiger charge is -2.43. The van der Waals surface area contributed by atoms with E-state index >= 15 is 0 Å². The van der Waals surface area contributed by atoms with Crippen LogP contribution in [-0.4, -0.2) is 13.1 Å². The van der Waals surface area contributed by atoms with Crippen LogP contribution >= 0.6 is 0 Å². The summed E-state index contributed by atoms with van der Waals surface area (Å²) in [7, 11) is 0. The molecule has 0 heterocycles. The normalized spacial score (nSPS) is 19.1. The van der Waals surface area contributed by atoms with Gasteiger partial charge in [-0.3, -0.25) is 0 Å². The molecule has 16 heavy (non-hydrogen) atoms. The topological polar surface area (TPSA) is 12.0 Å². The minimum atomic E-state index is 0.684. The Morgan fingerprint density at radius 2 is 1.75 bits per heavy atom. The summed E-state index contributed by atoms with van der Waals surface area (Å²) in [6.45, 7) is 11.7. The van der Waals surface area contributed by atoms with Crippen molar-refractivity contribution in [3.8, 4) is 0 Å². The second-order valence-electron chi connectivity index (χ2n) is 6.66. The van der Waals surface area contributed by atoms with E-state index in [-0.39, 0.29) is 0 Å². The van der Waals surface area contributed by atoms with Gasteiger partial charge in [-0.15, -0.1) is 0 Å². The van der Waals surface area contributed by atoms with Crippen LogP contribution in [-0.2, 0) is 0 Å². The molecule has 1 aliphatic carbocycles. The Hall–Kier alpha value is -0.0400. The third-order valence-electron chi connectivity index (χ3n) is 3.96. The molecule has 0 aromatic carbocycles. The van der Waals surface area contributed by atoms with Crippen LogP contribution in [0.1, 0.15) is 66.2 Å². The second kappa shape index (κ2) is 6.64. The highest BCUT2D eigenvalue weighted by atomic mass is 14.9. The third kappa shape index (κ3) is 4.86. The highest BCUT2D eigenvalue weighted by Crippen LogP contribution is 2.44. The van der Waals surface area contributed by atoms with Gasteiger partial charge in [0.15, 0.2) is 0 Å². The lowest BCUT2D eigenvalue weighted by atomic mass is 9.65. The minimum absolute atomic E-state index is 0.684. The van der Waals surface area contributed by atoms with Gasteiger partial charge >= 0.3 is 0 Å². The standard InChI is InChI=1S/C15H31N/c1-13(2)7-5-8-15(9-6-10-15)12-16-11-14(3)4/h13-14,16H,5-12H2,1-4H3. The Bertz CT molecular complexity index is 164. The van der Waals surface area contributed by atoms with Crippen LogP contribution in [0.15, 0.2) is 0 Å². The summed E-state index contributed by atoms with van der Waals surface area (Å²) in [5.41, 5.74) is 0.684. The second-order valence-corrected chi connectivity index (χ2v) is 6.66. The molecule has 0 radical (unpaired) electrons. The molecule has 0 saturated heterocycles. The Labute approximate surface area is 102 Å². The van der Waals surface area contributed by atoms with Crippen LogP contribution in [0.25, 0.3) is 0 Å². The van der Waals surface area contributed by atoms with Crippen molar-refractivity contribution in [2.24, 2.45) is 17.3 Å². The first-order valence-corrected chi connectivity index (χ1v) is 7.25. The Morgan fingerprint density at radius 1 is 1.06 bits per heavy atom. The molecule has 96 valence electrons. The molecule has 0 spiro atoms. The minimum Gasteiger partial charge on any atom is -0.316 e. The SMILES string of the molecule is CC(C)CCCC1(CNCC(C)C)CCC1. The van der Waals surface area contributed by atoms with Gasteiger partial charge in [0.2, 0.25) is 0 Å². The van der Waals surface area contributed by atoms with Gasteiger partial charge in [0, 0.05) is 6.54 Å². The van der Waals surface area contributed by atoms with Crippen LogP contribution in [0.2, 0.25) is 0 Å². The fraction of sp³-hybridized carbons (Fsp3) is 1.00. The van der Waals surface area contributed by atoms with Crippen molar-refractivity contribution in [3.63, 3.8) is 0 Å². The average Bonchev–Trinajstić information content (AvgIpc) is 2.11. The fourth-order valence-corrected chi connectivity index (χ4v) is 2.70. The van der Waals surface area contributed by atoms with Crippen molar-refractivity contribution in [3.05, 3.63) is 0 Å². The van der Waals surface area contributed by atoms with Crippen molar-refractivity contribution >= 4 is 0 Å². The first kappa shape index (κ1) is 14.0. The predicted molar refractivity (Wildman–Crippen MR) is 72.7 cm³/mol. The summed E-state index contributed by atoms with van der Waals surface area (Å²) in [6.07, 6.45) is 8.70. The van der Waals surface area contributed by atoms with E-state index in [1.807, 2.05) is 0 Å². The van der Waals surface area contributed by atoms with E-state index in [4.69, 9.17) is 0 Å². The van der Waals surface area contributed by atoms with Gasteiger partial charge in [-0.25, -0.2) is 0 Å². The maximum absolute atomic E-state index is 3.67. The third-order valence-corrected chi connectivity index (χ3v) is 3.96. The molecule has 1 heteroatoms. The van der Waals surface area contributed by atoms with E-state index < -0.39 is 0 Å². The first-order chi connectivity index (χ1) is 7.54. The van der Waals surface area contributed by atoms with Crippen LogP contribution in [0.5, 0.6) is 0 Å². The van der Waals surface area contributed by atoms with Gasteiger partial charge in [-0.05, 0) is 43.1 Å². The van der Waals surface area contributed by atoms with Crippen molar-refractivity contribution in [2.75, 3.05) is 13.1 Å². The van der Waals surface area contributed by atoms with Crippen LogP contribution < -0.4 is 5.32 Å². The molecular weight excluding hydrogens is 194 g/mol. The summed E-state index contributed by atoms with van der Waals surface area (Å²) in [4.78, 5) is 0. The fourth-order valence-electron chi connectivity index (χ4n) is 2.70.